The molecule has 2 aromatic carbocycles. The number of hydrazone groups is 1. The van der Waals surface area contributed by atoms with E-state index in [1.54, 1.807) is 12.1 Å². The highest BCUT2D eigenvalue weighted by Crippen LogP contribution is 2.42. The Morgan fingerprint density at radius 1 is 1.07 bits per heavy atom. The van der Waals surface area contributed by atoms with Crippen LogP contribution in [0.2, 0.25) is 0 Å². The van der Waals surface area contributed by atoms with Crippen molar-refractivity contribution < 1.29 is 28.5 Å². The normalized spacial score (nSPS) is 15.4. The van der Waals surface area contributed by atoms with E-state index in [1.807, 2.05) is 31.2 Å². The van der Waals surface area contributed by atoms with Crippen molar-refractivity contribution in [1.29, 1.82) is 0 Å². The van der Waals surface area contributed by atoms with Crippen LogP contribution in [0.25, 0.3) is 0 Å². The summed E-state index contributed by atoms with van der Waals surface area (Å²) >= 11 is 0. The van der Waals surface area contributed by atoms with Gasteiger partial charge in [0.15, 0.2) is 11.5 Å². The van der Waals surface area contributed by atoms with E-state index in [4.69, 9.17) is 23.7 Å². The second kappa shape index (κ2) is 8.72. The van der Waals surface area contributed by atoms with Gasteiger partial charge in [0.2, 0.25) is 23.8 Å². The molecule has 0 N–H and O–H groups in total. The van der Waals surface area contributed by atoms with Gasteiger partial charge in [0, 0.05) is 18.1 Å². The average molecular weight is 400 g/mol. The number of methoxy groups -OCH3 is 3. The summed E-state index contributed by atoms with van der Waals surface area (Å²) in [5.74, 6) is 2.21. The molecule has 1 heterocycles. The van der Waals surface area contributed by atoms with Gasteiger partial charge in [-0.25, -0.2) is 0 Å². The highest BCUT2D eigenvalue weighted by molar-refractivity contribution is 5.96. The number of hydrogen-bond acceptors (Lipinski definition) is 7. The Morgan fingerprint density at radius 2 is 1.69 bits per heavy atom. The molecule has 0 aliphatic carbocycles. The molecule has 8 nitrogen and oxygen atoms in total. The van der Waals surface area contributed by atoms with Crippen LogP contribution in [0.5, 0.6) is 23.0 Å². The highest BCUT2D eigenvalue weighted by Gasteiger charge is 2.34. The predicted octanol–water partition coefficient (Wildman–Crippen LogP) is 3.35. The topological polar surface area (TPSA) is 78.8 Å². The van der Waals surface area contributed by atoms with Gasteiger partial charge in [-0.05, 0) is 43.3 Å². The third kappa shape index (κ3) is 4.06. The fraction of sp³-hybridized carbons (Fsp3) is 0.333. The van der Waals surface area contributed by atoms with Crippen LogP contribution in [0.4, 0.5) is 0 Å². The molecule has 8 heteroatoms. The van der Waals surface area contributed by atoms with E-state index < -0.39 is 6.23 Å². The predicted molar refractivity (Wildman–Crippen MR) is 107 cm³/mol. The summed E-state index contributed by atoms with van der Waals surface area (Å²) in [6.07, 6.45) is -0.761. The van der Waals surface area contributed by atoms with Gasteiger partial charge >= 0.3 is 0 Å². The fourth-order valence-electron chi connectivity index (χ4n) is 3.00. The number of rotatable bonds is 7. The Bertz CT molecular complexity index is 885. The molecule has 0 fully saturated rings. The molecule has 2 aromatic rings. The number of nitrogens with zero attached hydrogens (tertiary/aromatic N) is 2. The van der Waals surface area contributed by atoms with Crippen molar-refractivity contribution in [1.82, 2.24) is 5.01 Å². The number of carbonyl (C=O) groups is 1. The summed E-state index contributed by atoms with van der Waals surface area (Å²) in [5.41, 5.74) is 1.37. The summed E-state index contributed by atoms with van der Waals surface area (Å²) in [4.78, 5) is 12.2. The molecule has 0 radical (unpaired) electrons. The van der Waals surface area contributed by atoms with Gasteiger partial charge in [-0.1, -0.05) is 0 Å². The smallest absolute Gasteiger partial charge is 0.243 e. The number of benzene rings is 2. The molecule has 1 aliphatic rings. The maximum atomic E-state index is 12.2. The van der Waals surface area contributed by atoms with Crippen LogP contribution in [0.15, 0.2) is 41.5 Å². The molecule has 29 heavy (non-hydrogen) atoms. The number of amides is 1. The van der Waals surface area contributed by atoms with Crippen molar-refractivity contribution in [2.75, 3.05) is 27.9 Å². The first-order chi connectivity index (χ1) is 14.0. The van der Waals surface area contributed by atoms with Gasteiger partial charge in [0.1, 0.15) is 5.75 Å². The van der Waals surface area contributed by atoms with Gasteiger partial charge in [-0.15, -0.1) is 5.10 Å². The summed E-state index contributed by atoms with van der Waals surface area (Å²) in [7, 11) is 4.59. The molecular weight excluding hydrogens is 376 g/mol. The molecule has 1 atom stereocenters. The third-order valence-electron chi connectivity index (χ3n) is 4.35. The van der Waals surface area contributed by atoms with E-state index in [2.05, 4.69) is 5.10 Å². The van der Waals surface area contributed by atoms with E-state index in [0.29, 0.717) is 35.3 Å². The van der Waals surface area contributed by atoms with Crippen LogP contribution in [-0.2, 0) is 9.53 Å². The minimum Gasteiger partial charge on any atom is -0.494 e. The highest BCUT2D eigenvalue weighted by atomic mass is 16.5. The minimum atomic E-state index is -0.761. The van der Waals surface area contributed by atoms with Gasteiger partial charge in [0.05, 0.1) is 27.9 Å². The quantitative estimate of drug-likeness (QED) is 0.709. The Balaban J connectivity index is 1.95. The number of carbonyl (C=O) groups excluding carboxylic acids is 1. The fourth-order valence-corrected chi connectivity index (χ4v) is 3.00. The van der Waals surface area contributed by atoms with Crippen molar-refractivity contribution in [2.45, 2.75) is 20.1 Å². The lowest BCUT2D eigenvalue weighted by Gasteiger charge is -2.21. The monoisotopic (exact) mass is 400 g/mol. The van der Waals surface area contributed by atoms with Crippen LogP contribution in [0, 0.1) is 0 Å². The van der Waals surface area contributed by atoms with Crippen LogP contribution < -0.4 is 18.9 Å². The number of ether oxygens (including phenoxy) is 5. The van der Waals surface area contributed by atoms with E-state index in [1.165, 1.54) is 33.3 Å². The van der Waals surface area contributed by atoms with Gasteiger partial charge in [0.25, 0.3) is 0 Å². The molecule has 154 valence electrons. The second-order valence-electron chi connectivity index (χ2n) is 6.16. The molecule has 0 saturated carbocycles. The lowest BCUT2D eigenvalue weighted by Crippen LogP contribution is -2.25. The molecule has 0 spiro atoms. The number of hydrogen-bond donors (Lipinski definition) is 0. The first kappa shape index (κ1) is 20.3. The summed E-state index contributed by atoms with van der Waals surface area (Å²) in [6, 6.07) is 10.8. The molecule has 1 aliphatic heterocycles. The lowest BCUT2D eigenvalue weighted by molar-refractivity contribution is -0.135. The van der Waals surface area contributed by atoms with Crippen LogP contribution in [0.1, 0.15) is 31.2 Å². The molecule has 1 unspecified atom stereocenters. The average Bonchev–Trinajstić information content (AvgIpc) is 3.19. The van der Waals surface area contributed by atoms with E-state index in [-0.39, 0.29) is 5.91 Å². The van der Waals surface area contributed by atoms with Crippen molar-refractivity contribution in [2.24, 2.45) is 5.10 Å². The van der Waals surface area contributed by atoms with Gasteiger partial charge < -0.3 is 23.7 Å². The zero-order valence-electron chi connectivity index (χ0n) is 17.1. The maximum Gasteiger partial charge on any atom is 0.243 e. The Labute approximate surface area is 169 Å². The van der Waals surface area contributed by atoms with Crippen molar-refractivity contribution >= 4 is 11.8 Å². The first-order valence-electron chi connectivity index (χ1n) is 9.10. The largest absolute Gasteiger partial charge is 0.494 e. The molecule has 1 amide bonds. The Morgan fingerprint density at radius 3 is 2.17 bits per heavy atom. The van der Waals surface area contributed by atoms with Gasteiger partial charge in [-0.3, -0.25) is 4.79 Å². The van der Waals surface area contributed by atoms with Crippen molar-refractivity contribution in [3.8, 4) is 23.0 Å². The standard InChI is InChI=1S/C21H24N2O6/c1-6-28-16-9-7-14(8-10-16)20-22-23(13(2)24)21(29-20)15-11-17(25-3)19(27-5)18(12-15)26-4/h7-12,21H,6H2,1-5H3. The SMILES string of the molecule is CCOc1ccc(C2=NN(C(C)=O)C(c3cc(OC)c(OC)c(OC)c3)O2)cc1. The molecular formula is C21H24N2O6. The molecule has 0 bridgehead atoms. The Kier molecular flexibility index (Phi) is 6.11. The minimum absolute atomic E-state index is 0.260. The first-order valence-corrected chi connectivity index (χ1v) is 9.10. The maximum absolute atomic E-state index is 12.2. The second-order valence-corrected chi connectivity index (χ2v) is 6.16. The zero-order valence-corrected chi connectivity index (χ0v) is 17.1. The molecule has 0 aromatic heterocycles. The molecule has 3 rings (SSSR count). The van der Waals surface area contributed by atoms with E-state index >= 15 is 0 Å². The van der Waals surface area contributed by atoms with E-state index in [0.717, 1.165) is 11.3 Å². The third-order valence-corrected chi connectivity index (χ3v) is 4.35. The van der Waals surface area contributed by atoms with Crippen LogP contribution in [0.3, 0.4) is 0 Å². The van der Waals surface area contributed by atoms with E-state index in [9.17, 15) is 4.79 Å². The zero-order chi connectivity index (χ0) is 21.0. The Hall–Kier alpha value is -3.42. The lowest BCUT2D eigenvalue weighted by atomic mass is 10.1. The van der Waals surface area contributed by atoms with Crippen LogP contribution in [-0.4, -0.2) is 44.8 Å². The van der Waals surface area contributed by atoms with Gasteiger partial charge in [-0.2, -0.15) is 5.01 Å². The summed E-state index contributed by atoms with van der Waals surface area (Å²) in [5, 5.41) is 5.65. The summed E-state index contributed by atoms with van der Waals surface area (Å²) < 4.78 is 27.7. The van der Waals surface area contributed by atoms with Crippen LogP contribution >= 0.6 is 0 Å². The summed E-state index contributed by atoms with van der Waals surface area (Å²) in [6.45, 7) is 3.93. The van der Waals surface area contributed by atoms with Crippen molar-refractivity contribution in [3.05, 3.63) is 47.5 Å². The molecule has 0 saturated heterocycles. The van der Waals surface area contributed by atoms with Crippen molar-refractivity contribution in [3.63, 3.8) is 0 Å².